The van der Waals surface area contributed by atoms with Crippen molar-refractivity contribution in [3.8, 4) is 6.07 Å². The zero-order valence-corrected chi connectivity index (χ0v) is 18.8. The normalized spacial score (nSPS) is 15.5. The Morgan fingerprint density at radius 1 is 1.23 bits per heavy atom. The van der Waals surface area contributed by atoms with Crippen LogP contribution >= 0.6 is 11.8 Å². The van der Waals surface area contributed by atoms with E-state index < -0.39 is 15.3 Å². The van der Waals surface area contributed by atoms with Crippen molar-refractivity contribution < 1.29 is 13.2 Å². The lowest BCUT2D eigenvalue weighted by Gasteiger charge is -2.16. The summed E-state index contributed by atoms with van der Waals surface area (Å²) in [5.41, 5.74) is 2.61. The number of hydrogen-bond acceptors (Lipinski definition) is 6. The second-order valence-electron chi connectivity index (χ2n) is 7.26. The summed E-state index contributed by atoms with van der Waals surface area (Å²) in [6, 6.07) is 10.2. The Kier molecular flexibility index (Phi) is 6.81. The molecule has 30 heavy (non-hydrogen) atoms. The first-order valence-electron chi connectivity index (χ1n) is 9.68. The second-order valence-corrected chi connectivity index (χ2v) is 10.5. The van der Waals surface area contributed by atoms with Crippen LogP contribution in [0.5, 0.6) is 0 Å². The average Bonchev–Trinajstić information content (AvgIpc) is 3.24. The fourth-order valence-electron chi connectivity index (χ4n) is 3.28. The summed E-state index contributed by atoms with van der Waals surface area (Å²) >= 11 is 1.23. The Hall–Kier alpha value is -2.41. The molecule has 9 heteroatoms. The molecule has 2 aromatic rings. The number of nitrogens with zero attached hydrogens (tertiary/aromatic N) is 3. The lowest BCUT2D eigenvalue weighted by Crippen LogP contribution is -2.27. The number of aromatic nitrogens is 1. The van der Waals surface area contributed by atoms with Gasteiger partial charge in [-0.1, -0.05) is 11.8 Å². The van der Waals surface area contributed by atoms with Gasteiger partial charge in [-0.3, -0.25) is 4.79 Å². The Labute approximate surface area is 181 Å². The summed E-state index contributed by atoms with van der Waals surface area (Å²) in [4.78, 5) is 17.2. The van der Waals surface area contributed by atoms with Crippen molar-refractivity contribution in [2.75, 3.05) is 18.4 Å². The van der Waals surface area contributed by atoms with Crippen LogP contribution in [0, 0.1) is 25.2 Å². The molecule has 1 aromatic heterocycles. The molecule has 0 aliphatic carbocycles. The highest BCUT2D eigenvalue weighted by atomic mass is 32.2. The molecule has 3 rings (SSSR count). The summed E-state index contributed by atoms with van der Waals surface area (Å²) in [5.74, 6) is -0.250. The maximum absolute atomic E-state index is 12.6. The third-order valence-electron chi connectivity index (χ3n) is 4.91. The predicted octanol–water partition coefficient (Wildman–Crippen LogP) is 3.47. The zero-order chi connectivity index (χ0) is 21.9. The first-order chi connectivity index (χ1) is 14.2. The standard InChI is InChI=1S/C21H24N4O3S2/c1-14-12-15(2)23-21(19(14)13-22)29-16(3)20(26)24-17-6-8-18(9-7-17)30(27,28)25-10-4-5-11-25/h6-9,12,16H,4-5,10-11H2,1-3H3,(H,24,26)/t16-/m1/s1. The first-order valence-corrected chi connectivity index (χ1v) is 12.0. The van der Waals surface area contributed by atoms with Crippen molar-refractivity contribution in [3.63, 3.8) is 0 Å². The molecule has 1 aromatic carbocycles. The quantitative estimate of drug-likeness (QED) is 0.684. The van der Waals surface area contributed by atoms with Gasteiger partial charge in [0, 0.05) is 24.5 Å². The predicted molar refractivity (Wildman–Crippen MR) is 117 cm³/mol. The number of carbonyl (C=O) groups excluding carboxylic acids is 1. The van der Waals surface area contributed by atoms with Crippen LogP contribution in [-0.4, -0.2) is 42.0 Å². The molecular formula is C21H24N4O3S2. The number of hydrogen-bond donors (Lipinski definition) is 1. The van der Waals surface area contributed by atoms with Gasteiger partial charge in [-0.15, -0.1) is 0 Å². The Bertz CT molecular complexity index is 1090. The van der Waals surface area contributed by atoms with Crippen LogP contribution in [0.25, 0.3) is 0 Å². The summed E-state index contributed by atoms with van der Waals surface area (Å²) < 4.78 is 26.7. The number of benzene rings is 1. The van der Waals surface area contributed by atoms with E-state index in [1.165, 1.54) is 28.2 Å². The van der Waals surface area contributed by atoms with E-state index >= 15 is 0 Å². The number of thioether (sulfide) groups is 1. The minimum Gasteiger partial charge on any atom is -0.325 e. The minimum absolute atomic E-state index is 0.225. The van der Waals surface area contributed by atoms with Gasteiger partial charge in [0.15, 0.2) is 0 Å². The van der Waals surface area contributed by atoms with Gasteiger partial charge in [0.05, 0.1) is 15.7 Å². The van der Waals surface area contributed by atoms with E-state index in [1.807, 2.05) is 19.9 Å². The molecule has 0 saturated carbocycles. The summed E-state index contributed by atoms with van der Waals surface area (Å²) in [6.45, 7) is 6.53. The zero-order valence-electron chi connectivity index (χ0n) is 17.2. The molecular weight excluding hydrogens is 420 g/mol. The van der Waals surface area contributed by atoms with Gasteiger partial charge in [-0.05, 0) is 69.5 Å². The maximum Gasteiger partial charge on any atom is 0.243 e. The van der Waals surface area contributed by atoms with Crippen LogP contribution in [-0.2, 0) is 14.8 Å². The third kappa shape index (κ3) is 4.83. The summed E-state index contributed by atoms with van der Waals surface area (Å²) in [5, 5.41) is 12.2. The second kappa shape index (κ2) is 9.16. The Morgan fingerprint density at radius 2 is 1.87 bits per heavy atom. The maximum atomic E-state index is 12.6. The van der Waals surface area contributed by atoms with Crippen LogP contribution < -0.4 is 5.32 Å². The fourth-order valence-corrected chi connectivity index (χ4v) is 5.82. The molecule has 7 nitrogen and oxygen atoms in total. The Balaban J connectivity index is 1.68. The fraction of sp³-hybridized carbons (Fsp3) is 0.381. The SMILES string of the molecule is Cc1cc(C)c(C#N)c(S[C@H](C)C(=O)Nc2ccc(S(=O)(=O)N3CCCC3)cc2)n1. The highest BCUT2D eigenvalue weighted by Crippen LogP contribution is 2.28. The van der Waals surface area contributed by atoms with E-state index in [0.717, 1.165) is 24.1 Å². The number of nitriles is 1. The molecule has 0 radical (unpaired) electrons. The Morgan fingerprint density at radius 3 is 2.47 bits per heavy atom. The van der Waals surface area contributed by atoms with Gasteiger partial charge in [0.2, 0.25) is 15.9 Å². The highest BCUT2D eigenvalue weighted by Gasteiger charge is 2.27. The van der Waals surface area contributed by atoms with E-state index in [0.29, 0.717) is 29.4 Å². The van der Waals surface area contributed by atoms with Crippen molar-refractivity contribution >= 4 is 33.4 Å². The molecule has 1 amide bonds. The first kappa shape index (κ1) is 22.3. The number of carbonyl (C=O) groups is 1. The molecule has 0 bridgehead atoms. The number of aryl methyl sites for hydroxylation is 2. The van der Waals surface area contributed by atoms with Gasteiger partial charge < -0.3 is 5.32 Å². The summed E-state index contributed by atoms with van der Waals surface area (Å²) in [7, 11) is -3.48. The number of pyridine rings is 1. The number of amides is 1. The largest absolute Gasteiger partial charge is 0.325 e. The van der Waals surface area contributed by atoms with Crippen molar-refractivity contribution in [1.29, 1.82) is 5.26 Å². The van der Waals surface area contributed by atoms with E-state index in [-0.39, 0.29) is 10.8 Å². The van der Waals surface area contributed by atoms with Crippen LogP contribution in [0.2, 0.25) is 0 Å². The van der Waals surface area contributed by atoms with Crippen LogP contribution in [0.3, 0.4) is 0 Å². The third-order valence-corrected chi connectivity index (χ3v) is 7.90. The monoisotopic (exact) mass is 444 g/mol. The van der Waals surface area contributed by atoms with E-state index in [9.17, 15) is 18.5 Å². The molecule has 158 valence electrons. The van der Waals surface area contributed by atoms with Gasteiger partial charge in [0.25, 0.3) is 0 Å². The van der Waals surface area contributed by atoms with Gasteiger partial charge in [-0.25, -0.2) is 13.4 Å². The van der Waals surface area contributed by atoms with E-state index in [2.05, 4.69) is 16.4 Å². The van der Waals surface area contributed by atoms with Crippen LogP contribution in [0.15, 0.2) is 40.3 Å². The molecule has 0 unspecified atom stereocenters. The van der Waals surface area contributed by atoms with Crippen LogP contribution in [0.4, 0.5) is 5.69 Å². The molecule has 1 N–H and O–H groups in total. The number of anilines is 1. The lowest BCUT2D eigenvalue weighted by molar-refractivity contribution is -0.115. The number of nitrogens with one attached hydrogen (secondary N) is 1. The van der Waals surface area contributed by atoms with Crippen molar-refractivity contribution in [1.82, 2.24) is 9.29 Å². The molecule has 1 atom stereocenters. The van der Waals surface area contributed by atoms with E-state index in [4.69, 9.17) is 0 Å². The molecule has 0 spiro atoms. The van der Waals surface area contributed by atoms with Gasteiger partial charge in [-0.2, -0.15) is 9.57 Å². The summed E-state index contributed by atoms with van der Waals surface area (Å²) in [6.07, 6.45) is 1.76. The molecule has 2 heterocycles. The average molecular weight is 445 g/mol. The molecule has 1 saturated heterocycles. The molecule has 1 aliphatic heterocycles. The van der Waals surface area contributed by atoms with Gasteiger partial charge in [0.1, 0.15) is 11.1 Å². The number of rotatable bonds is 6. The minimum atomic E-state index is -3.48. The van der Waals surface area contributed by atoms with E-state index in [1.54, 1.807) is 19.1 Å². The lowest BCUT2D eigenvalue weighted by atomic mass is 10.1. The molecule has 1 fully saturated rings. The van der Waals surface area contributed by atoms with Gasteiger partial charge >= 0.3 is 0 Å². The van der Waals surface area contributed by atoms with Crippen molar-refractivity contribution in [3.05, 3.63) is 47.2 Å². The smallest absolute Gasteiger partial charge is 0.243 e. The molecule has 1 aliphatic rings. The highest BCUT2D eigenvalue weighted by molar-refractivity contribution is 8.00. The topological polar surface area (TPSA) is 103 Å². The number of sulfonamides is 1. The van der Waals surface area contributed by atoms with Crippen molar-refractivity contribution in [2.45, 2.75) is 48.8 Å². The van der Waals surface area contributed by atoms with Crippen molar-refractivity contribution in [2.24, 2.45) is 0 Å². The van der Waals surface area contributed by atoms with Crippen LogP contribution in [0.1, 0.15) is 36.6 Å².